The van der Waals surface area contributed by atoms with E-state index in [4.69, 9.17) is 14.6 Å². The molecule has 5 rings (SSSR count). The Balaban J connectivity index is 1.30. The standard InChI is InChI=1S/C39H44N8O3/c1-26-12-14-30(15-13-26)47-37(23-35(46-47)39(3,4)5)45-38(48)44-33-16-17-34(32-11-9-8-10-31(32)33)50-25-28-18-20-41-36(22-28)43-27(2)42-29(24-40-6)19-21-49-7/h8-18,20,22-24H,6,19,21,25H2,1-5,7H3,(H,41,42,43)(H2,44,45,48)/b29-24-. The second-order valence-electron chi connectivity index (χ2n) is 12.9. The first kappa shape index (κ1) is 35.5. The lowest BCUT2D eigenvalue weighted by atomic mass is 9.92. The molecule has 0 aliphatic rings. The van der Waals surface area contributed by atoms with Crippen molar-refractivity contribution in [2.45, 2.75) is 53.1 Å². The molecule has 0 spiro atoms. The number of fused-ring (bicyclic) bond motifs is 1. The highest BCUT2D eigenvalue weighted by Crippen LogP contribution is 2.33. The SMILES string of the molecule is C=N/C=C(CCOC)\N=C(/C)Nc1cc(COc2ccc(NC(=O)Nc3cc(C(C)(C)C)nn3-c3ccc(C)cc3)c3ccccc23)ccn1. The number of amidine groups is 1. The Morgan fingerprint density at radius 2 is 1.74 bits per heavy atom. The van der Waals surface area contributed by atoms with Crippen molar-refractivity contribution in [3.05, 3.63) is 114 Å². The fraction of sp³-hybridized carbons (Fsp3) is 0.256. The summed E-state index contributed by atoms with van der Waals surface area (Å²) in [4.78, 5) is 26.3. The summed E-state index contributed by atoms with van der Waals surface area (Å²) in [5.41, 5.74) is 4.99. The maximum atomic E-state index is 13.4. The van der Waals surface area contributed by atoms with E-state index in [1.807, 2.05) is 92.7 Å². The minimum Gasteiger partial charge on any atom is -0.488 e. The number of hydrogen-bond donors (Lipinski definition) is 3. The van der Waals surface area contributed by atoms with E-state index < -0.39 is 0 Å². The van der Waals surface area contributed by atoms with Crippen LogP contribution in [0.25, 0.3) is 16.5 Å². The predicted molar refractivity (Wildman–Crippen MR) is 203 cm³/mol. The van der Waals surface area contributed by atoms with E-state index in [0.717, 1.165) is 39.0 Å². The van der Waals surface area contributed by atoms with E-state index in [1.165, 1.54) is 0 Å². The van der Waals surface area contributed by atoms with Gasteiger partial charge in [-0.3, -0.25) is 10.3 Å². The van der Waals surface area contributed by atoms with Crippen molar-refractivity contribution in [1.82, 2.24) is 14.8 Å². The Morgan fingerprint density at radius 3 is 2.46 bits per heavy atom. The van der Waals surface area contributed by atoms with Crippen LogP contribution in [0.3, 0.4) is 0 Å². The van der Waals surface area contributed by atoms with Crippen LogP contribution in [0.4, 0.5) is 22.1 Å². The van der Waals surface area contributed by atoms with Gasteiger partial charge in [0, 0.05) is 48.2 Å². The molecule has 5 aromatic rings. The summed E-state index contributed by atoms with van der Waals surface area (Å²) in [5.74, 6) is 2.56. The minimum absolute atomic E-state index is 0.203. The molecule has 2 heterocycles. The molecule has 258 valence electrons. The number of carbonyl (C=O) groups is 1. The molecular weight excluding hydrogens is 628 g/mol. The topological polar surface area (TPSA) is 127 Å². The molecule has 2 aromatic heterocycles. The Morgan fingerprint density at radius 1 is 0.980 bits per heavy atom. The number of aryl methyl sites for hydroxylation is 1. The molecule has 0 bridgehead atoms. The molecule has 0 atom stereocenters. The van der Waals surface area contributed by atoms with Gasteiger partial charge in [-0.1, -0.05) is 62.7 Å². The molecule has 3 N–H and O–H groups in total. The summed E-state index contributed by atoms with van der Waals surface area (Å²) < 4.78 is 13.2. The lowest BCUT2D eigenvalue weighted by Crippen LogP contribution is -2.21. The van der Waals surface area contributed by atoms with Gasteiger partial charge >= 0.3 is 6.03 Å². The van der Waals surface area contributed by atoms with E-state index >= 15 is 0 Å². The van der Waals surface area contributed by atoms with Gasteiger partial charge in [-0.25, -0.2) is 19.5 Å². The van der Waals surface area contributed by atoms with Gasteiger partial charge < -0.3 is 20.1 Å². The molecule has 0 saturated carbocycles. The van der Waals surface area contributed by atoms with Crippen LogP contribution >= 0.6 is 0 Å². The average molecular weight is 673 g/mol. The first-order valence-corrected chi connectivity index (χ1v) is 16.4. The number of ether oxygens (including phenoxy) is 2. The fourth-order valence-corrected chi connectivity index (χ4v) is 5.18. The normalized spacial score (nSPS) is 12.1. The summed E-state index contributed by atoms with van der Waals surface area (Å²) in [6.07, 6.45) is 3.95. The van der Waals surface area contributed by atoms with Crippen molar-refractivity contribution < 1.29 is 14.3 Å². The van der Waals surface area contributed by atoms with Crippen LogP contribution in [-0.2, 0) is 16.8 Å². The van der Waals surface area contributed by atoms with E-state index in [9.17, 15) is 4.79 Å². The number of benzene rings is 3. The zero-order chi connectivity index (χ0) is 35.7. The highest BCUT2D eigenvalue weighted by Gasteiger charge is 2.22. The summed E-state index contributed by atoms with van der Waals surface area (Å²) in [5, 5.41) is 15.8. The third-order valence-electron chi connectivity index (χ3n) is 7.77. The largest absolute Gasteiger partial charge is 0.488 e. The quantitative estimate of drug-likeness (QED) is 0.0899. The summed E-state index contributed by atoms with van der Waals surface area (Å²) >= 11 is 0. The van der Waals surface area contributed by atoms with Crippen LogP contribution in [0.5, 0.6) is 5.75 Å². The number of anilines is 3. The number of pyridine rings is 1. The second kappa shape index (κ2) is 16.1. The van der Waals surface area contributed by atoms with E-state index in [-0.39, 0.29) is 11.4 Å². The van der Waals surface area contributed by atoms with Crippen molar-refractivity contribution in [3.63, 3.8) is 0 Å². The highest BCUT2D eigenvalue weighted by atomic mass is 16.5. The number of urea groups is 1. The van der Waals surface area contributed by atoms with Crippen LogP contribution in [0.15, 0.2) is 107 Å². The van der Waals surface area contributed by atoms with Gasteiger partial charge in [0.2, 0.25) is 0 Å². The van der Waals surface area contributed by atoms with E-state index in [1.54, 1.807) is 24.2 Å². The fourth-order valence-electron chi connectivity index (χ4n) is 5.18. The average Bonchev–Trinajstić information content (AvgIpc) is 3.51. The van der Waals surface area contributed by atoms with Crippen molar-refractivity contribution in [1.29, 1.82) is 0 Å². The molecule has 2 amide bonds. The zero-order valence-electron chi connectivity index (χ0n) is 29.4. The van der Waals surface area contributed by atoms with Crippen LogP contribution in [0, 0.1) is 6.92 Å². The molecule has 3 aromatic carbocycles. The van der Waals surface area contributed by atoms with Gasteiger partial charge in [-0.2, -0.15) is 5.10 Å². The number of amides is 2. The van der Waals surface area contributed by atoms with Crippen LogP contribution in [0.1, 0.15) is 50.9 Å². The van der Waals surface area contributed by atoms with Crippen LogP contribution in [0.2, 0.25) is 0 Å². The minimum atomic E-state index is -0.379. The maximum absolute atomic E-state index is 13.4. The van der Waals surface area contributed by atoms with Gasteiger partial charge in [0.15, 0.2) is 0 Å². The molecule has 0 fully saturated rings. The lowest BCUT2D eigenvalue weighted by molar-refractivity contribution is 0.202. The summed E-state index contributed by atoms with van der Waals surface area (Å²) in [7, 11) is 1.64. The number of nitrogens with zero attached hydrogens (tertiary/aromatic N) is 5. The smallest absolute Gasteiger partial charge is 0.324 e. The first-order chi connectivity index (χ1) is 24.0. The molecule has 50 heavy (non-hydrogen) atoms. The maximum Gasteiger partial charge on any atom is 0.324 e. The number of rotatable bonds is 12. The van der Waals surface area contributed by atoms with Gasteiger partial charge in [0.25, 0.3) is 0 Å². The molecular formula is C39H44N8O3. The Kier molecular flexibility index (Phi) is 11.4. The molecule has 11 nitrogen and oxygen atoms in total. The van der Waals surface area contributed by atoms with E-state index in [2.05, 4.69) is 58.4 Å². The lowest BCUT2D eigenvalue weighted by Gasteiger charge is -2.15. The Hall–Kier alpha value is -5.81. The van der Waals surface area contributed by atoms with Crippen molar-refractivity contribution in [2.24, 2.45) is 9.98 Å². The third-order valence-corrected chi connectivity index (χ3v) is 7.77. The van der Waals surface area contributed by atoms with Gasteiger partial charge in [0.05, 0.1) is 29.4 Å². The van der Waals surface area contributed by atoms with Gasteiger partial charge in [0.1, 0.15) is 29.8 Å². The van der Waals surface area contributed by atoms with Crippen molar-refractivity contribution in [3.8, 4) is 11.4 Å². The number of carbonyl (C=O) groups excluding carboxylic acids is 1. The molecule has 0 saturated heterocycles. The predicted octanol–water partition coefficient (Wildman–Crippen LogP) is 8.66. The summed E-state index contributed by atoms with van der Waals surface area (Å²) in [6, 6.07) is 24.9. The molecule has 0 radical (unpaired) electrons. The van der Waals surface area contributed by atoms with Crippen LogP contribution < -0.4 is 20.7 Å². The molecule has 11 heteroatoms. The first-order valence-electron chi connectivity index (χ1n) is 16.4. The third kappa shape index (κ3) is 9.20. The summed E-state index contributed by atoms with van der Waals surface area (Å²) in [6.45, 7) is 14.5. The second-order valence-corrected chi connectivity index (χ2v) is 12.9. The van der Waals surface area contributed by atoms with Crippen molar-refractivity contribution >= 4 is 46.7 Å². The molecule has 0 aliphatic carbocycles. The van der Waals surface area contributed by atoms with Crippen LogP contribution in [-0.4, -0.2) is 47.1 Å². The monoisotopic (exact) mass is 672 g/mol. The Labute approximate surface area is 293 Å². The molecule has 0 aliphatic heterocycles. The number of methoxy groups -OCH3 is 1. The number of aromatic nitrogens is 3. The Bertz CT molecular complexity index is 2020. The molecule has 0 unspecified atom stereocenters. The zero-order valence-corrected chi connectivity index (χ0v) is 29.4. The number of nitrogens with one attached hydrogen (secondary N) is 3. The van der Waals surface area contributed by atoms with Gasteiger partial charge in [-0.15, -0.1) is 0 Å². The van der Waals surface area contributed by atoms with Gasteiger partial charge in [-0.05, 0) is 62.5 Å². The highest BCUT2D eigenvalue weighted by molar-refractivity contribution is 6.07. The van der Waals surface area contributed by atoms with E-state index in [0.29, 0.717) is 48.5 Å². The number of aliphatic imine (C=N–C) groups is 2. The number of hydrogen-bond acceptors (Lipinski definition) is 7. The van der Waals surface area contributed by atoms with Crippen molar-refractivity contribution in [2.75, 3.05) is 29.7 Å².